The Bertz CT molecular complexity index is 696. The Kier molecular flexibility index (Phi) is 5.28. The molecule has 132 valence electrons. The van der Waals surface area contributed by atoms with Crippen molar-refractivity contribution in [1.82, 2.24) is 10.3 Å². The van der Waals surface area contributed by atoms with Gasteiger partial charge in [-0.2, -0.15) is 0 Å². The second-order valence-electron chi connectivity index (χ2n) is 7.03. The van der Waals surface area contributed by atoms with Gasteiger partial charge in [0.05, 0.1) is 18.9 Å². The normalized spacial score (nSPS) is 19.9. The molecule has 2 aromatic rings. The molecule has 1 atom stereocenters. The fourth-order valence-electron chi connectivity index (χ4n) is 3.13. The predicted octanol–water partition coefficient (Wildman–Crippen LogP) is 3.60. The van der Waals surface area contributed by atoms with Gasteiger partial charge in [0.25, 0.3) is 0 Å². The predicted molar refractivity (Wildman–Crippen MR) is 98.9 cm³/mol. The first-order valence-electron chi connectivity index (χ1n) is 9.39. The first-order chi connectivity index (χ1) is 12.4. The molecule has 0 bridgehead atoms. The highest BCUT2D eigenvalue weighted by Gasteiger charge is 2.18. The molecule has 2 fully saturated rings. The van der Waals surface area contributed by atoms with Crippen molar-refractivity contribution in [3.63, 3.8) is 0 Å². The Hall–Kier alpha value is -1.91. The molecule has 25 heavy (non-hydrogen) atoms. The zero-order chi connectivity index (χ0) is 16.9. The molecule has 4 nitrogen and oxygen atoms in total. The van der Waals surface area contributed by atoms with E-state index >= 15 is 0 Å². The van der Waals surface area contributed by atoms with Crippen LogP contribution in [0, 0.1) is 0 Å². The van der Waals surface area contributed by atoms with Crippen LogP contribution in [0.25, 0.3) is 11.1 Å². The van der Waals surface area contributed by atoms with Gasteiger partial charge in [0.2, 0.25) is 0 Å². The Morgan fingerprint density at radius 3 is 2.76 bits per heavy atom. The van der Waals surface area contributed by atoms with Gasteiger partial charge in [0, 0.05) is 17.8 Å². The average molecular weight is 338 g/mol. The number of pyridine rings is 1. The fraction of sp³-hybridized carbons (Fsp3) is 0.476. The van der Waals surface area contributed by atoms with Crippen molar-refractivity contribution in [2.75, 3.05) is 19.8 Å². The number of aromatic nitrogens is 1. The lowest BCUT2D eigenvalue weighted by atomic mass is 9.96. The second kappa shape index (κ2) is 7.98. The van der Waals surface area contributed by atoms with Crippen LogP contribution in [0.5, 0.6) is 5.75 Å². The number of nitrogens with one attached hydrogen (secondary N) is 1. The molecule has 1 aromatic carbocycles. The maximum Gasteiger partial charge on any atom is 0.138 e. The van der Waals surface area contributed by atoms with Crippen LogP contribution in [-0.2, 0) is 11.2 Å². The van der Waals surface area contributed by atoms with Gasteiger partial charge in [-0.1, -0.05) is 24.3 Å². The summed E-state index contributed by atoms with van der Waals surface area (Å²) in [5, 5.41) is 3.35. The van der Waals surface area contributed by atoms with Gasteiger partial charge in [-0.05, 0) is 55.8 Å². The molecular formula is C21H26N2O2. The van der Waals surface area contributed by atoms with Crippen molar-refractivity contribution >= 4 is 0 Å². The standard InChI is InChI=1S/C21H26N2O2/c1-3-16(8-10-24-20-5-2-6-20)11-17(4-1)18-12-21(14-22-13-18)25-15-19-7-9-23-19/h1,3-4,11-14,19-20,23H,2,5-10,15H2. The molecule has 1 unspecified atom stereocenters. The second-order valence-corrected chi connectivity index (χ2v) is 7.03. The summed E-state index contributed by atoms with van der Waals surface area (Å²) in [6.45, 7) is 2.62. The molecule has 1 saturated carbocycles. The third kappa shape index (κ3) is 4.39. The summed E-state index contributed by atoms with van der Waals surface area (Å²) in [7, 11) is 0. The maximum atomic E-state index is 5.88. The van der Waals surface area contributed by atoms with Gasteiger partial charge in [-0.3, -0.25) is 4.98 Å². The van der Waals surface area contributed by atoms with Crippen LogP contribution in [0.4, 0.5) is 0 Å². The SMILES string of the molecule is c1cc(CCOC2CCC2)cc(-c2cncc(OCC3CCN3)c2)c1. The van der Waals surface area contributed by atoms with E-state index in [9.17, 15) is 0 Å². The third-order valence-electron chi connectivity index (χ3n) is 5.15. The van der Waals surface area contributed by atoms with Gasteiger partial charge < -0.3 is 14.8 Å². The molecular weight excluding hydrogens is 312 g/mol. The van der Waals surface area contributed by atoms with Gasteiger partial charge in [-0.15, -0.1) is 0 Å². The lowest BCUT2D eigenvalue weighted by Crippen LogP contribution is -2.46. The van der Waals surface area contributed by atoms with E-state index in [1.807, 2.05) is 6.20 Å². The quantitative estimate of drug-likeness (QED) is 0.799. The molecule has 4 heteroatoms. The van der Waals surface area contributed by atoms with Gasteiger partial charge in [-0.25, -0.2) is 0 Å². The topological polar surface area (TPSA) is 43.4 Å². The summed E-state index contributed by atoms with van der Waals surface area (Å²) in [5.74, 6) is 0.838. The number of benzene rings is 1. The molecule has 1 aliphatic heterocycles. The highest BCUT2D eigenvalue weighted by Crippen LogP contribution is 2.25. The average Bonchev–Trinajstić information content (AvgIpc) is 2.56. The Morgan fingerprint density at radius 1 is 1.08 bits per heavy atom. The van der Waals surface area contributed by atoms with E-state index in [2.05, 4.69) is 40.6 Å². The van der Waals surface area contributed by atoms with Crippen LogP contribution in [0.2, 0.25) is 0 Å². The van der Waals surface area contributed by atoms with Crippen molar-refractivity contribution in [3.8, 4) is 16.9 Å². The lowest BCUT2D eigenvalue weighted by molar-refractivity contribution is 0.00413. The van der Waals surface area contributed by atoms with Crippen molar-refractivity contribution < 1.29 is 9.47 Å². The summed E-state index contributed by atoms with van der Waals surface area (Å²) in [5.41, 5.74) is 3.59. The van der Waals surface area contributed by atoms with Gasteiger partial charge in [0.1, 0.15) is 12.4 Å². The van der Waals surface area contributed by atoms with Crippen molar-refractivity contribution in [2.45, 2.75) is 44.2 Å². The zero-order valence-electron chi connectivity index (χ0n) is 14.6. The third-order valence-corrected chi connectivity index (χ3v) is 5.15. The lowest BCUT2D eigenvalue weighted by Gasteiger charge is -2.27. The molecule has 2 aliphatic rings. The first-order valence-corrected chi connectivity index (χ1v) is 9.39. The zero-order valence-corrected chi connectivity index (χ0v) is 14.6. The minimum absolute atomic E-state index is 0.489. The summed E-state index contributed by atoms with van der Waals surface area (Å²) < 4.78 is 11.7. The van der Waals surface area contributed by atoms with E-state index in [-0.39, 0.29) is 0 Å². The summed E-state index contributed by atoms with van der Waals surface area (Å²) in [6, 6.07) is 11.2. The molecule has 1 saturated heterocycles. The van der Waals surface area contributed by atoms with E-state index in [1.54, 1.807) is 6.20 Å². The molecule has 1 aromatic heterocycles. The fourth-order valence-corrected chi connectivity index (χ4v) is 3.13. The summed E-state index contributed by atoms with van der Waals surface area (Å²) >= 11 is 0. The largest absolute Gasteiger partial charge is 0.490 e. The van der Waals surface area contributed by atoms with Crippen LogP contribution in [0.1, 0.15) is 31.2 Å². The van der Waals surface area contributed by atoms with E-state index in [0.717, 1.165) is 30.9 Å². The highest BCUT2D eigenvalue weighted by molar-refractivity contribution is 5.64. The van der Waals surface area contributed by atoms with Gasteiger partial charge >= 0.3 is 0 Å². The van der Waals surface area contributed by atoms with Crippen LogP contribution in [0.3, 0.4) is 0 Å². The summed E-state index contributed by atoms with van der Waals surface area (Å²) in [6.07, 6.45) is 10.1. The van der Waals surface area contributed by atoms with E-state index in [1.165, 1.54) is 36.8 Å². The van der Waals surface area contributed by atoms with Crippen LogP contribution in [0.15, 0.2) is 42.7 Å². The first kappa shape index (κ1) is 16.6. The molecule has 0 spiro atoms. The molecule has 4 rings (SSSR count). The van der Waals surface area contributed by atoms with E-state index in [0.29, 0.717) is 18.8 Å². The minimum atomic E-state index is 0.489. The maximum absolute atomic E-state index is 5.88. The Morgan fingerprint density at radius 2 is 2.00 bits per heavy atom. The van der Waals surface area contributed by atoms with E-state index < -0.39 is 0 Å². The molecule has 1 N–H and O–H groups in total. The molecule has 2 heterocycles. The number of hydrogen-bond acceptors (Lipinski definition) is 4. The Balaban J connectivity index is 1.37. The van der Waals surface area contributed by atoms with Crippen molar-refractivity contribution in [2.24, 2.45) is 0 Å². The molecule has 1 aliphatic carbocycles. The smallest absolute Gasteiger partial charge is 0.138 e. The number of hydrogen-bond donors (Lipinski definition) is 1. The monoisotopic (exact) mass is 338 g/mol. The van der Waals surface area contributed by atoms with Crippen LogP contribution in [-0.4, -0.2) is 36.9 Å². The minimum Gasteiger partial charge on any atom is -0.490 e. The molecule has 0 radical (unpaired) electrons. The number of nitrogens with zero attached hydrogens (tertiary/aromatic N) is 1. The van der Waals surface area contributed by atoms with Crippen molar-refractivity contribution in [1.29, 1.82) is 0 Å². The number of rotatable bonds is 8. The van der Waals surface area contributed by atoms with Crippen LogP contribution >= 0.6 is 0 Å². The van der Waals surface area contributed by atoms with Gasteiger partial charge in [0.15, 0.2) is 0 Å². The molecule has 0 amide bonds. The van der Waals surface area contributed by atoms with E-state index in [4.69, 9.17) is 9.47 Å². The summed E-state index contributed by atoms with van der Waals surface area (Å²) in [4.78, 5) is 4.35. The number of ether oxygens (including phenoxy) is 2. The Labute approximate surface area is 149 Å². The van der Waals surface area contributed by atoms with Crippen molar-refractivity contribution in [3.05, 3.63) is 48.3 Å². The highest BCUT2D eigenvalue weighted by atomic mass is 16.5. The van der Waals surface area contributed by atoms with Crippen LogP contribution < -0.4 is 10.1 Å².